The molecule has 688 valence electrons. The number of carbonyl (C=O) groups is 11. The molecular weight excluding hydrogens is 1690 g/mol. The van der Waals surface area contributed by atoms with Crippen LogP contribution in [-0.2, 0) is 100 Å². The van der Waals surface area contributed by atoms with Gasteiger partial charge in [-0.3, -0.25) is 57.6 Å². The molecule has 43 heteroatoms. The summed E-state index contributed by atoms with van der Waals surface area (Å²) < 4.78 is 50.9. The van der Waals surface area contributed by atoms with Crippen molar-refractivity contribution in [2.75, 3.05) is 132 Å². The quantitative estimate of drug-likeness (QED) is 0.0118. The lowest BCUT2D eigenvalue weighted by molar-refractivity contribution is -0.276. The molecule has 0 aromatic rings. The summed E-state index contributed by atoms with van der Waals surface area (Å²) in [6.45, 7) is 2.70. The third-order valence-corrected chi connectivity index (χ3v) is 20.6. The van der Waals surface area contributed by atoms with Crippen LogP contribution in [0.15, 0.2) is 0 Å². The first-order chi connectivity index (χ1) is 57.0. The van der Waals surface area contributed by atoms with Gasteiger partial charge in [-0.25, -0.2) is 5.90 Å². The third kappa shape index (κ3) is 45.9. The van der Waals surface area contributed by atoms with Crippen molar-refractivity contribution in [2.24, 2.45) is 5.90 Å². The van der Waals surface area contributed by atoms with Gasteiger partial charge in [-0.1, -0.05) is 51.4 Å². The van der Waals surface area contributed by atoms with Crippen LogP contribution in [0.5, 0.6) is 0 Å². The van der Waals surface area contributed by atoms with Crippen molar-refractivity contribution in [2.45, 2.75) is 283 Å². The van der Waals surface area contributed by atoms with E-state index in [4.69, 9.17) is 48.5 Å². The zero-order valence-electron chi connectivity index (χ0n) is 69.2. The van der Waals surface area contributed by atoms with Crippen molar-refractivity contribution < 1.29 is 146 Å². The molecule has 0 aromatic heterocycles. The van der Waals surface area contributed by atoms with E-state index in [1.54, 1.807) is 22.6 Å². The van der Waals surface area contributed by atoms with Crippen LogP contribution in [0.25, 0.3) is 0 Å². The fraction of sp³-hybridized carbons (Fsp3) is 0.855. The third-order valence-electron chi connectivity index (χ3n) is 19.4. The number of rotatable bonds is 67. The summed E-state index contributed by atoms with van der Waals surface area (Å²) in [5.74, 6) is 0.979. The molecule has 0 spiro atoms. The highest BCUT2D eigenvalue weighted by atomic mass is 127. The van der Waals surface area contributed by atoms with E-state index >= 15 is 0 Å². The Bertz CT molecular complexity index is 2830. The van der Waals surface area contributed by atoms with Crippen LogP contribution >= 0.6 is 22.6 Å². The Balaban J connectivity index is 1.58. The number of alkyl halides is 1. The lowest BCUT2D eigenvalue weighted by Crippen LogP contribution is -2.67. The monoisotopic (exact) mass is 1820 g/mol. The van der Waals surface area contributed by atoms with Crippen molar-refractivity contribution >= 4 is 87.6 Å². The number of halogens is 1. The van der Waals surface area contributed by atoms with Gasteiger partial charge in [0.15, 0.2) is 22.5 Å². The molecule has 11 amide bonds. The normalized spacial score (nSPS) is 24.0. The molecule has 3 heterocycles. The Labute approximate surface area is 709 Å². The lowest BCUT2D eigenvalue weighted by Gasteiger charge is -2.46. The molecule has 0 aromatic carbocycles. The van der Waals surface area contributed by atoms with Crippen molar-refractivity contribution in [1.29, 1.82) is 0 Å². The van der Waals surface area contributed by atoms with Crippen molar-refractivity contribution in [3.63, 3.8) is 0 Å². The Morgan fingerprint density at radius 2 is 0.672 bits per heavy atom. The Kier molecular flexibility index (Phi) is 56.9. The van der Waals surface area contributed by atoms with E-state index in [1.165, 1.54) is 20.8 Å². The number of ether oxygens (including phenoxy) is 9. The van der Waals surface area contributed by atoms with Gasteiger partial charge in [0.25, 0.3) is 0 Å². The number of unbranched alkanes of at least 4 members (excludes halogenated alkanes) is 12. The van der Waals surface area contributed by atoms with Gasteiger partial charge in [-0.05, 0) is 93.2 Å². The average molecular weight is 1830 g/mol. The van der Waals surface area contributed by atoms with Crippen LogP contribution in [0.3, 0.4) is 0 Å². The number of nitrogens with one attached hydrogen (secondary N) is 11. The zero-order chi connectivity index (χ0) is 87.8. The number of hydrogen-bond acceptors (Lipinski definition) is 31. The summed E-state index contributed by atoms with van der Waals surface area (Å²) in [5, 5.41) is 122. The second kappa shape index (κ2) is 63.1. The van der Waals surface area contributed by atoms with E-state index in [9.17, 15) is 98.7 Å². The molecular formula is C76H137IN12O30. The minimum atomic E-state index is -1.59. The number of nitrogens with two attached hydrogens (primary N) is 1. The summed E-state index contributed by atoms with van der Waals surface area (Å²) in [4.78, 5) is 143. The topological polar surface area (TPSA) is 620 Å². The van der Waals surface area contributed by atoms with Crippen LogP contribution in [-0.4, -0.2) is 338 Å². The molecule has 0 saturated carbocycles. The summed E-state index contributed by atoms with van der Waals surface area (Å²) >= 11 is 1.67. The smallest absolute Gasteiger partial charge is 0.248 e. The van der Waals surface area contributed by atoms with Crippen LogP contribution in [0.4, 0.5) is 0 Å². The molecule has 3 saturated heterocycles. The van der Waals surface area contributed by atoms with Crippen LogP contribution in [0, 0.1) is 0 Å². The standard InChI is InChI=1S/C76H137IN12O30/c1-50(93)86-63-68(106)66(104)53(43-90)117-72(63)113-37-17-13-23-55(96)79-31-20-34-82-58(99)27-40-110-47-75(89-61(102)26-12-10-8-6-4-5-7-9-11-16-30-85-62(103)45-116-78,48-111-41-28-59(100)83-35-21-32-80-56(97)24-14-18-38-114-73-64(87-51(2)94)69(107)67(105)54(44-91)118-73)49-112-42-29-60(101)84-36-22-33-81-57(98)25-15-19-39-115-74-65(88-52(3)95)70(108)71(109)76(77,46-92)119-74/h53-54,63-74,90-92,104-109H,4-49,78H2,1-3H3,(H,79,96)(H,80,97)(H,81,98)(H,82,99)(H,83,100)(H,84,101)(H,85,103)(H,86,93)(H,87,94)(H,88,95)(H,89,102)/t53?,54?,63-,64-,65-,66-,67-,68?,69?,70?,71+,72+,73+,74+,75?,76?/m0/s1. The minimum Gasteiger partial charge on any atom is -0.394 e. The molecule has 3 aliphatic heterocycles. The van der Waals surface area contributed by atoms with Gasteiger partial charge < -0.3 is 147 Å². The molecule has 3 fully saturated rings. The predicted octanol–water partition coefficient (Wildman–Crippen LogP) is -4.62. The summed E-state index contributed by atoms with van der Waals surface area (Å²) in [7, 11) is 0. The van der Waals surface area contributed by atoms with Crippen molar-refractivity contribution in [3.05, 3.63) is 0 Å². The molecule has 0 radical (unpaired) electrons. The fourth-order valence-electron chi connectivity index (χ4n) is 12.8. The number of carbonyl (C=O) groups excluding carboxylic acids is 11. The zero-order valence-corrected chi connectivity index (χ0v) is 71.3. The van der Waals surface area contributed by atoms with Gasteiger partial charge in [0.2, 0.25) is 65.0 Å². The lowest BCUT2D eigenvalue weighted by atomic mass is 9.97. The molecule has 3 aliphatic rings. The van der Waals surface area contributed by atoms with E-state index < -0.39 is 133 Å². The first kappa shape index (κ1) is 107. The highest BCUT2D eigenvalue weighted by Crippen LogP contribution is 2.36. The average Bonchev–Trinajstić information content (AvgIpc) is 0.809. The van der Waals surface area contributed by atoms with E-state index in [1.807, 2.05) is 0 Å². The molecule has 119 heavy (non-hydrogen) atoms. The van der Waals surface area contributed by atoms with Gasteiger partial charge in [0, 0.05) is 131 Å². The highest BCUT2D eigenvalue weighted by Gasteiger charge is 2.54. The minimum absolute atomic E-state index is 0.0629. The van der Waals surface area contributed by atoms with E-state index in [0.29, 0.717) is 70.8 Å². The SMILES string of the molecule is CC(=O)N[C@H]1C(O)[C@@H](O)C(CO)O[C@H]1OCCCCC(=O)NCCCNC(=O)CCOCC(COCCC(=O)NCCCNC(=O)CCCCO[C@@H]1OC(CO)[C@H](O)C(O)[C@@H]1NC(C)=O)(COCCC(=O)NCCCNC(=O)CCCCO[C@@H]1OC(I)(CO)[C@H](O)C(O)[C@@H]1NC(C)=O)NC(=O)CCCCCCCCCCCCNC(=O)CON. The number of aliphatic hydroxyl groups excluding tert-OH is 9. The fourth-order valence-corrected chi connectivity index (χ4v) is 13.4. The molecule has 0 aliphatic carbocycles. The Morgan fingerprint density at radius 1 is 0.370 bits per heavy atom. The van der Waals surface area contributed by atoms with Gasteiger partial charge in [-0.15, -0.1) is 0 Å². The summed E-state index contributed by atoms with van der Waals surface area (Å²) in [6.07, 6.45) is -1.76. The van der Waals surface area contributed by atoms with Crippen molar-refractivity contribution in [3.8, 4) is 0 Å². The molecule has 0 bridgehead atoms. The molecule has 15 atom stereocenters. The maximum atomic E-state index is 14.0. The number of aliphatic hydroxyl groups is 9. The van der Waals surface area contributed by atoms with E-state index in [-0.39, 0.29) is 198 Å². The van der Waals surface area contributed by atoms with E-state index in [0.717, 1.165) is 57.8 Å². The maximum Gasteiger partial charge on any atom is 0.248 e. The second-order valence-corrected chi connectivity index (χ2v) is 31.6. The second-order valence-electron chi connectivity index (χ2n) is 29.8. The van der Waals surface area contributed by atoms with Gasteiger partial charge in [0.05, 0.1) is 59.5 Å². The highest BCUT2D eigenvalue weighted by molar-refractivity contribution is 14.1. The van der Waals surface area contributed by atoms with Crippen LogP contribution in [0.1, 0.15) is 188 Å². The van der Waals surface area contributed by atoms with Crippen LogP contribution in [0.2, 0.25) is 0 Å². The first-order valence-electron chi connectivity index (χ1n) is 41.5. The predicted molar refractivity (Wildman–Crippen MR) is 431 cm³/mol. The molecule has 22 N–H and O–H groups in total. The van der Waals surface area contributed by atoms with Gasteiger partial charge >= 0.3 is 0 Å². The largest absolute Gasteiger partial charge is 0.394 e. The molecule has 6 unspecified atom stereocenters. The maximum absolute atomic E-state index is 14.0. The Hall–Kier alpha value is -5.90. The number of hydrogen-bond donors (Lipinski definition) is 21. The Morgan fingerprint density at radius 3 is 1.02 bits per heavy atom. The van der Waals surface area contributed by atoms with Gasteiger partial charge in [-0.2, -0.15) is 0 Å². The van der Waals surface area contributed by atoms with Crippen molar-refractivity contribution in [1.82, 2.24) is 58.5 Å². The summed E-state index contributed by atoms with van der Waals surface area (Å²) in [5.41, 5.74) is -1.42. The summed E-state index contributed by atoms with van der Waals surface area (Å²) in [6, 6.07) is -3.32. The van der Waals surface area contributed by atoms with Gasteiger partial charge in [0.1, 0.15) is 79.1 Å². The van der Waals surface area contributed by atoms with E-state index in [2.05, 4.69) is 63.3 Å². The number of amides is 11. The molecule has 42 nitrogen and oxygen atoms in total. The first-order valence-corrected chi connectivity index (χ1v) is 42.6. The molecule has 3 rings (SSSR count). The van der Waals surface area contributed by atoms with Crippen LogP contribution < -0.4 is 64.4 Å².